The maximum absolute atomic E-state index is 4.44. The number of benzene rings is 1. The number of thiazole rings is 1. The third-order valence-electron chi connectivity index (χ3n) is 2.57. The highest BCUT2D eigenvalue weighted by Gasteiger charge is 2.06. The van der Waals surface area contributed by atoms with Crippen molar-refractivity contribution in [2.45, 2.75) is 26.4 Å². The van der Waals surface area contributed by atoms with Gasteiger partial charge in [0, 0.05) is 28.1 Å². The van der Waals surface area contributed by atoms with Gasteiger partial charge in [-0.1, -0.05) is 28.1 Å². The van der Waals surface area contributed by atoms with Crippen molar-refractivity contribution in [3.05, 3.63) is 50.4 Å². The second kappa shape index (κ2) is 5.76. The van der Waals surface area contributed by atoms with E-state index in [0.717, 1.165) is 21.7 Å². The number of halogens is 1. The topological polar surface area (TPSA) is 24.9 Å². The quantitative estimate of drug-likeness (QED) is 0.921. The molecule has 0 aliphatic heterocycles. The molecule has 4 heteroatoms. The molecule has 0 bridgehead atoms. The number of aromatic nitrogens is 1. The van der Waals surface area contributed by atoms with E-state index < -0.39 is 0 Å². The first-order chi connectivity index (χ1) is 8.15. The lowest BCUT2D eigenvalue weighted by Crippen LogP contribution is -2.17. The molecule has 1 aromatic heterocycles. The SMILES string of the molecule is Cc1csc(CN[C@H](C)c2cccc(Br)c2)n1. The third-order valence-corrected chi connectivity index (χ3v) is 4.03. The van der Waals surface area contributed by atoms with Gasteiger partial charge in [0.2, 0.25) is 0 Å². The first-order valence-electron chi connectivity index (χ1n) is 5.55. The Labute approximate surface area is 114 Å². The van der Waals surface area contributed by atoms with Crippen molar-refractivity contribution in [1.82, 2.24) is 10.3 Å². The van der Waals surface area contributed by atoms with Crippen LogP contribution in [0.25, 0.3) is 0 Å². The molecular formula is C13H15BrN2S. The summed E-state index contributed by atoms with van der Waals surface area (Å²) in [6.07, 6.45) is 0. The minimum atomic E-state index is 0.330. The van der Waals surface area contributed by atoms with Gasteiger partial charge in [-0.25, -0.2) is 4.98 Å². The monoisotopic (exact) mass is 310 g/mol. The van der Waals surface area contributed by atoms with Crippen LogP contribution in [-0.4, -0.2) is 4.98 Å². The second-order valence-electron chi connectivity index (χ2n) is 4.04. The molecule has 1 N–H and O–H groups in total. The summed E-state index contributed by atoms with van der Waals surface area (Å²) in [6.45, 7) is 5.02. The second-order valence-corrected chi connectivity index (χ2v) is 5.90. The van der Waals surface area contributed by atoms with Crippen molar-refractivity contribution in [3.8, 4) is 0 Å². The van der Waals surface area contributed by atoms with E-state index in [1.54, 1.807) is 11.3 Å². The van der Waals surface area contributed by atoms with Gasteiger partial charge in [0.1, 0.15) is 5.01 Å². The Bertz CT molecular complexity index is 496. The minimum Gasteiger partial charge on any atom is -0.304 e. The number of hydrogen-bond donors (Lipinski definition) is 1. The van der Waals surface area contributed by atoms with Crippen molar-refractivity contribution < 1.29 is 0 Å². The van der Waals surface area contributed by atoms with Crippen LogP contribution in [0.15, 0.2) is 34.1 Å². The average molecular weight is 311 g/mol. The summed E-state index contributed by atoms with van der Waals surface area (Å²) in [5.74, 6) is 0. The van der Waals surface area contributed by atoms with Gasteiger partial charge >= 0.3 is 0 Å². The molecule has 90 valence electrons. The molecule has 2 aromatic rings. The molecule has 0 fully saturated rings. The van der Waals surface area contributed by atoms with Crippen LogP contribution >= 0.6 is 27.3 Å². The largest absolute Gasteiger partial charge is 0.304 e. The van der Waals surface area contributed by atoms with Gasteiger partial charge in [-0.3, -0.25) is 0 Å². The maximum Gasteiger partial charge on any atom is 0.107 e. The fourth-order valence-electron chi connectivity index (χ4n) is 1.62. The maximum atomic E-state index is 4.44. The molecule has 0 saturated carbocycles. The fourth-order valence-corrected chi connectivity index (χ4v) is 2.76. The van der Waals surface area contributed by atoms with Crippen LogP contribution in [0.3, 0.4) is 0 Å². The van der Waals surface area contributed by atoms with Crippen molar-refractivity contribution >= 4 is 27.3 Å². The molecule has 0 saturated heterocycles. The normalized spacial score (nSPS) is 12.6. The molecule has 1 heterocycles. The molecule has 0 aliphatic rings. The Kier molecular flexibility index (Phi) is 4.31. The summed E-state index contributed by atoms with van der Waals surface area (Å²) < 4.78 is 1.12. The van der Waals surface area contributed by atoms with E-state index in [0.29, 0.717) is 6.04 Å². The van der Waals surface area contributed by atoms with Crippen LogP contribution in [0, 0.1) is 6.92 Å². The van der Waals surface area contributed by atoms with E-state index in [4.69, 9.17) is 0 Å². The van der Waals surface area contributed by atoms with Gasteiger partial charge in [0.05, 0.1) is 0 Å². The van der Waals surface area contributed by atoms with E-state index in [2.05, 4.69) is 56.7 Å². The summed E-state index contributed by atoms with van der Waals surface area (Å²) in [7, 11) is 0. The molecule has 0 amide bonds. The van der Waals surface area contributed by atoms with E-state index in [1.807, 2.05) is 13.0 Å². The standard InChI is InChI=1S/C13H15BrN2S/c1-9-8-17-13(16-9)7-15-10(2)11-4-3-5-12(14)6-11/h3-6,8,10,15H,7H2,1-2H3/t10-/m1/s1. The average Bonchev–Trinajstić information content (AvgIpc) is 2.72. The van der Waals surface area contributed by atoms with Crippen LogP contribution in [-0.2, 0) is 6.54 Å². The Hall–Kier alpha value is -0.710. The molecular weight excluding hydrogens is 296 g/mol. The zero-order valence-corrected chi connectivity index (χ0v) is 12.3. The van der Waals surface area contributed by atoms with Crippen LogP contribution in [0.2, 0.25) is 0 Å². The molecule has 0 spiro atoms. The smallest absolute Gasteiger partial charge is 0.107 e. The summed E-state index contributed by atoms with van der Waals surface area (Å²) >= 11 is 5.20. The summed E-state index contributed by atoms with van der Waals surface area (Å²) in [4.78, 5) is 4.44. The van der Waals surface area contributed by atoms with E-state index in [-0.39, 0.29) is 0 Å². The van der Waals surface area contributed by atoms with Crippen molar-refractivity contribution in [1.29, 1.82) is 0 Å². The highest BCUT2D eigenvalue weighted by atomic mass is 79.9. The number of nitrogens with zero attached hydrogens (tertiary/aromatic N) is 1. The lowest BCUT2D eigenvalue weighted by Gasteiger charge is -2.13. The molecule has 0 unspecified atom stereocenters. The molecule has 17 heavy (non-hydrogen) atoms. The van der Waals surface area contributed by atoms with E-state index >= 15 is 0 Å². The van der Waals surface area contributed by atoms with Crippen LogP contribution in [0.1, 0.15) is 29.2 Å². The van der Waals surface area contributed by atoms with Gasteiger partial charge in [0.15, 0.2) is 0 Å². The van der Waals surface area contributed by atoms with Gasteiger partial charge in [-0.2, -0.15) is 0 Å². The van der Waals surface area contributed by atoms with Crippen LogP contribution < -0.4 is 5.32 Å². The lowest BCUT2D eigenvalue weighted by molar-refractivity contribution is 0.572. The number of rotatable bonds is 4. The molecule has 0 aliphatic carbocycles. The zero-order chi connectivity index (χ0) is 12.3. The van der Waals surface area contributed by atoms with Crippen molar-refractivity contribution in [3.63, 3.8) is 0 Å². The first kappa shape index (κ1) is 12.7. The summed E-state index contributed by atoms with van der Waals surface area (Å²) in [6, 6.07) is 8.71. The predicted octanol–water partition coefficient (Wildman–Crippen LogP) is 4.06. The Morgan fingerprint density at radius 2 is 2.29 bits per heavy atom. The van der Waals surface area contributed by atoms with E-state index in [1.165, 1.54) is 5.56 Å². The first-order valence-corrected chi connectivity index (χ1v) is 7.22. The Morgan fingerprint density at radius 1 is 1.47 bits per heavy atom. The third kappa shape index (κ3) is 3.63. The minimum absolute atomic E-state index is 0.330. The van der Waals surface area contributed by atoms with Crippen LogP contribution in [0.4, 0.5) is 0 Å². The molecule has 1 atom stereocenters. The number of aryl methyl sites for hydroxylation is 1. The summed E-state index contributed by atoms with van der Waals surface area (Å²) in [5, 5.41) is 6.71. The van der Waals surface area contributed by atoms with E-state index in [9.17, 15) is 0 Å². The van der Waals surface area contributed by atoms with Crippen LogP contribution in [0.5, 0.6) is 0 Å². The van der Waals surface area contributed by atoms with Crippen molar-refractivity contribution in [2.24, 2.45) is 0 Å². The molecule has 2 nitrogen and oxygen atoms in total. The number of hydrogen-bond acceptors (Lipinski definition) is 3. The predicted molar refractivity (Wildman–Crippen MR) is 76.2 cm³/mol. The molecule has 2 rings (SSSR count). The highest BCUT2D eigenvalue weighted by molar-refractivity contribution is 9.10. The molecule has 0 radical (unpaired) electrons. The van der Waals surface area contributed by atoms with Gasteiger partial charge in [-0.15, -0.1) is 11.3 Å². The highest BCUT2D eigenvalue weighted by Crippen LogP contribution is 2.18. The lowest BCUT2D eigenvalue weighted by atomic mass is 10.1. The Balaban J connectivity index is 1.95. The van der Waals surface area contributed by atoms with Gasteiger partial charge < -0.3 is 5.32 Å². The van der Waals surface area contributed by atoms with Gasteiger partial charge in [0.25, 0.3) is 0 Å². The number of nitrogens with one attached hydrogen (secondary N) is 1. The molecule has 1 aromatic carbocycles. The summed E-state index contributed by atoms with van der Waals surface area (Å²) in [5.41, 5.74) is 2.38. The van der Waals surface area contributed by atoms with Crippen molar-refractivity contribution in [2.75, 3.05) is 0 Å². The van der Waals surface area contributed by atoms with Gasteiger partial charge in [-0.05, 0) is 31.5 Å². The fraction of sp³-hybridized carbons (Fsp3) is 0.308. The zero-order valence-electron chi connectivity index (χ0n) is 9.90. The Morgan fingerprint density at radius 3 is 2.94 bits per heavy atom.